The van der Waals surface area contributed by atoms with Crippen LogP contribution in [0.2, 0.25) is 0 Å². The van der Waals surface area contributed by atoms with E-state index < -0.39 is 0 Å². The predicted molar refractivity (Wildman–Crippen MR) is 88.1 cm³/mol. The molecule has 2 N–H and O–H groups in total. The van der Waals surface area contributed by atoms with Gasteiger partial charge in [0.15, 0.2) is 5.82 Å². The molecule has 2 aromatic heterocycles. The Balaban J connectivity index is 1.64. The fraction of sp³-hybridized carbons (Fsp3) is 0.312. The molecule has 0 aliphatic carbocycles. The number of aliphatic imine (C=N–C) groups is 1. The highest BCUT2D eigenvalue weighted by Crippen LogP contribution is 2.32. The van der Waals surface area contributed by atoms with E-state index in [0.29, 0.717) is 24.1 Å². The first-order valence-electron chi connectivity index (χ1n) is 7.57. The van der Waals surface area contributed by atoms with Crippen LogP contribution in [0.3, 0.4) is 0 Å². The molecule has 0 spiro atoms. The topological polar surface area (TPSA) is 86.6 Å². The Morgan fingerprint density at radius 2 is 2.39 bits per heavy atom. The maximum absolute atomic E-state index is 10.1. The van der Waals surface area contributed by atoms with E-state index >= 15 is 0 Å². The number of allylic oxidation sites excluding steroid dienone is 1. The van der Waals surface area contributed by atoms with Crippen molar-refractivity contribution >= 4 is 29.6 Å². The lowest BCUT2D eigenvalue weighted by atomic mass is 10.1. The standard InChI is InChI=1S/C16H17N5O2/c1-10-9-21(5-6-23-10)16-19-13(15(22)20-16)7-11-8-18-14-12(11)3-2-4-17-14/h2-4,7-8,10,22H,5-6,9H2,1H3,(H,19,20)/b11-7+. The SMILES string of the molecule is CC1CN(c2nc(O)c(/C=C3\C=Nc4ncccc43)[nH]2)CCO1. The highest BCUT2D eigenvalue weighted by atomic mass is 16.5. The van der Waals surface area contributed by atoms with Crippen molar-refractivity contribution in [2.24, 2.45) is 4.99 Å². The van der Waals surface area contributed by atoms with Gasteiger partial charge in [0, 0.05) is 36.6 Å². The number of nitrogens with zero attached hydrogens (tertiary/aromatic N) is 4. The summed E-state index contributed by atoms with van der Waals surface area (Å²) in [6.07, 6.45) is 5.45. The first kappa shape index (κ1) is 14.0. The van der Waals surface area contributed by atoms with Crippen molar-refractivity contribution in [3.63, 3.8) is 0 Å². The van der Waals surface area contributed by atoms with Gasteiger partial charge in [-0.15, -0.1) is 0 Å². The lowest BCUT2D eigenvalue weighted by molar-refractivity contribution is 0.0526. The van der Waals surface area contributed by atoms with Crippen LogP contribution in [0.15, 0.2) is 23.3 Å². The quantitative estimate of drug-likeness (QED) is 0.886. The number of H-pyrrole nitrogens is 1. The van der Waals surface area contributed by atoms with Crippen LogP contribution in [0.4, 0.5) is 11.8 Å². The van der Waals surface area contributed by atoms with E-state index in [-0.39, 0.29) is 12.0 Å². The number of hydrogen-bond acceptors (Lipinski definition) is 6. The summed E-state index contributed by atoms with van der Waals surface area (Å²) in [5.41, 5.74) is 2.41. The van der Waals surface area contributed by atoms with Crippen LogP contribution in [0.5, 0.6) is 5.88 Å². The highest BCUT2D eigenvalue weighted by molar-refractivity contribution is 6.20. The minimum absolute atomic E-state index is 0.0163. The molecule has 1 saturated heterocycles. The summed E-state index contributed by atoms with van der Waals surface area (Å²) in [6, 6.07) is 3.83. The zero-order valence-electron chi connectivity index (χ0n) is 12.7. The molecule has 2 aliphatic heterocycles. The molecule has 23 heavy (non-hydrogen) atoms. The van der Waals surface area contributed by atoms with Gasteiger partial charge >= 0.3 is 0 Å². The van der Waals surface area contributed by atoms with Crippen LogP contribution in [0, 0.1) is 0 Å². The van der Waals surface area contributed by atoms with Crippen molar-refractivity contribution in [1.82, 2.24) is 15.0 Å². The molecule has 4 heterocycles. The number of rotatable bonds is 2. The van der Waals surface area contributed by atoms with Crippen LogP contribution < -0.4 is 4.90 Å². The summed E-state index contributed by atoms with van der Waals surface area (Å²) in [5, 5.41) is 10.1. The fourth-order valence-electron chi connectivity index (χ4n) is 2.82. The van der Waals surface area contributed by atoms with E-state index in [4.69, 9.17) is 4.74 Å². The lowest BCUT2D eigenvalue weighted by Gasteiger charge is -2.30. The van der Waals surface area contributed by atoms with Crippen molar-refractivity contribution < 1.29 is 9.84 Å². The molecule has 1 unspecified atom stereocenters. The summed E-state index contributed by atoms with van der Waals surface area (Å²) in [7, 11) is 0. The first-order chi connectivity index (χ1) is 11.2. The monoisotopic (exact) mass is 311 g/mol. The molecule has 2 aromatic rings. The number of nitrogens with one attached hydrogen (secondary N) is 1. The third-order valence-corrected chi connectivity index (χ3v) is 3.96. The molecule has 0 saturated carbocycles. The van der Waals surface area contributed by atoms with Crippen LogP contribution in [-0.4, -0.2) is 52.1 Å². The second kappa shape index (κ2) is 5.51. The smallest absolute Gasteiger partial charge is 0.238 e. The molecule has 1 fully saturated rings. The van der Waals surface area contributed by atoms with Crippen molar-refractivity contribution in [1.29, 1.82) is 0 Å². The van der Waals surface area contributed by atoms with Gasteiger partial charge in [-0.25, -0.2) is 9.98 Å². The van der Waals surface area contributed by atoms with Gasteiger partial charge < -0.3 is 19.7 Å². The molecule has 0 radical (unpaired) electrons. The first-order valence-corrected chi connectivity index (χ1v) is 7.57. The van der Waals surface area contributed by atoms with Gasteiger partial charge in [-0.05, 0) is 25.1 Å². The fourth-order valence-corrected chi connectivity index (χ4v) is 2.82. The average molecular weight is 311 g/mol. The van der Waals surface area contributed by atoms with Crippen molar-refractivity contribution in [2.45, 2.75) is 13.0 Å². The van der Waals surface area contributed by atoms with Crippen molar-refractivity contribution in [2.75, 3.05) is 24.6 Å². The maximum atomic E-state index is 10.1. The number of pyridine rings is 1. The normalized spacial score (nSPS) is 21.9. The summed E-state index contributed by atoms with van der Waals surface area (Å²) < 4.78 is 5.53. The number of hydrogen-bond donors (Lipinski definition) is 2. The van der Waals surface area contributed by atoms with E-state index in [1.54, 1.807) is 12.4 Å². The van der Waals surface area contributed by atoms with Gasteiger partial charge in [0.25, 0.3) is 0 Å². The van der Waals surface area contributed by atoms with Gasteiger partial charge in [0.1, 0.15) is 5.69 Å². The number of fused-ring (bicyclic) bond motifs is 1. The lowest BCUT2D eigenvalue weighted by Crippen LogP contribution is -2.41. The van der Waals surface area contributed by atoms with Gasteiger partial charge in [0.05, 0.1) is 12.7 Å². The number of aromatic hydroxyl groups is 1. The van der Waals surface area contributed by atoms with Crippen LogP contribution in [-0.2, 0) is 4.74 Å². The predicted octanol–water partition coefficient (Wildman–Crippen LogP) is 1.99. The maximum Gasteiger partial charge on any atom is 0.238 e. The highest BCUT2D eigenvalue weighted by Gasteiger charge is 2.21. The van der Waals surface area contributed by atoms with Gasteiger partial charge in [-0.3, -0.25) is 0 Å². The Kier molecular flexibility index (Phi) is 3.34. The molecule has 1 atom stereocenters. The second-order valence-corrected chi connectivity index (χ2v) is 5.66. The number of ether oxygens (including phenoxy) is 1. The molecule has 7 heteroatoms. The van der Waals surface area contributed by atoms with E-state index in [9.17, 15) is 5.11 Å². The molecule has 0 amide bonds. The minimum atomic E-state index is -0.0163. The number of aromatic amines is 1. The molecule has 7 nitrogen and oxygen atoms in total. The van der Waals surface area contributed by atoms with E-state index in [2.05, 4.69) is 24.8 Å². The third kappa shape index (κ3) is 2.59. The Morgan fingerprint density at radius 1 is 1.48 bits per heavy atom. The van der Waals surface area contributed by atoms with E-state index in [1.807, 2.05) is 25.1 Å². The van der Waals surface area contributed by atoms with Crippen molar-refractivity contribution in [3.8, 4) is 5.88 Å². The molecule has 118 valence electrons. The Hall–Kier alpha value is -2.67. The number of aromatic nitrogens is 3. The number of morpholine rings is 1. The Labute approximate surface area is 133 Å². The summed E-state index contributed by atoms with van der Waals surface area (Å²) in [4.78, 5) is 18.0. The van der Waals surface area contributed by atoms with Crippen molar-refractivity contribution in [3.05, 3.63) is 29.6 Å². The average Bonchev–Trinajstić information content (AvgIpc) is 3.13. The molecule has 2 aliphatic rings. The zero-order chi connectivity index (χ0) is 15.8. The van der Waals surface area contributed by atoms with Crippen LogP contribution in [0.1, 0.15) is 18.2 Å². The second-order valence-electron chi connectivity index (χ2n) is 5.66. The Bertz CT molecular complexity index is 796. The van der Waals surface area contributed by atoms with E-state index in [1.165, 1.54) is 0 Å². The zero-order valence-corrected chi connectivity index (χ0v) is 12.7. The van der Waals surface area contributed by atoms with Crippen LogP contribution >= 0.6 is 0 Å². The third-order valence-electron chi connectivity index (χ3n) is 3.96. The molecule has 0 aromatic carbocycles. The van der Waals surface area contributed by atoms with Gasteiger partial charge in [-0.1, -0.05) is 0 Å². The summed E-state index contributed by atoms with van der Waals surface area (Å²) in [5.74, 6) is 1.34. The number of imidazole rings is 1. The summed E-state index contributed by atoms with van der Waals surface area (Å²) >= 11 is 0. The number of anilines is 1. The molecule has 0 bridgehead atoms. The van der Waals surface area contributed by atoms with E-state index in [0.717, 1.165) is 24.2 Å². The van der Waals surface area contributed by atoms with Gasteiger partial charge in [0.2, 0.25) is 11.8 Å². The molecular weight excluding hydrogens is 294 g/mol. The van der Waals surface area contributed by atoms with Crippen LogP contribution in [0.25, 0.3) is 11.6 Å². The minimum Gasteiger partial charge on any atom is -0.492 e. The largest absolute Gasteiger partial charge is 0.492 e. The summed E-state index contributed by atoms with van der Waals surface area (Å²) in [6.45, 7) is 4.18. The Morgan fingerprint density at radius 3 is 3.26 bits per heavy atom. The van der Waals surface area contributed by atoms with Gasteiger partial charge in [-0.2, -0.15) is 4.98 Å². The molecular formula is C16H17N5O2. The molecule has 4 rings (SSSR count).